The minimum absolute atomic E-state index is 0.0588. The van der Waals surface area contributed by atoms with Crippen LogP contribution in [0, 0.1) is 0 Å². The zero-order chi connectivity index (χ0) is 19.8. The lowest BCUT2D eigenvalue weighted by Gasteiger charge is -2.27. The molecule has 0 aliphatic rings. The molecule has 0 aromatic heterocycles. The van der Waals surface area contributed by atoms with Crippen LogP contribution in [0.4, 0.5) is 0 Å². The highest BCUT2D eigenvalue weighted by molar-refractivity contribution is 7.45. The number of phosphoric acid groups is 1. The van der Waals surface area contributed by atoms with Crippen LogP contribution in [-0.4, -0.2) is 70.7 Å². The van der Waals surface area contributed by atoms with Crippen molar-refractivity contribution in [2.75, 3.05) is 60.3 Å². The van der Waals surface area contributed by atoms with Crippen molar-refractivity contribution in [2.24, 2.45) is 0 Å². The first kappa shape index (κ1) is 26.9. The van der Waals surface area contributed by atoms with Crippen molar-refractivity contribution in [3.8, 4) is 0 Å². The molecule has 0 heterocycles. The van der Waals surface area contributed by atoms with Gasteiger partial charge in [0.05, 0.1) is 27.7 Å². The van der Waals surface area contributed by atoms with E-state index in [4.69, 9.17) is 0 Å². The molecule has 0 aliphatic heterocycles. The first-order chi connectivity index (χ1) is 11.6. The van der Waals surface area contributed by atoms with Crippen LogP contribution in [0.15, 0.2) is 12.7 Å². The maximum absolute atomic E-state index is 11.3. The molecule has 0 rings (SSSR count). The third kappa shape index (κ3) is 23.7. The number of amides is 1. The third-order valence-corrected chi connectivity index (χ3v) is 4.73. The Morgan fingerprint density at radius 3 is 2.36 bits per heavy atom. The number of nitrogens with one attached hydrogen (secondary N) is 1. The van der Waals surface area contributed by atoms with E-state index in [0.717, 1.165) is 6.08 Å². The maximum Gasteiger partial charge on any atom is 0.268 e. The smallest absolute Gasteiger partial charge is 0.268 e. The summed E-state index contributed by atoms with van der Waals surface area (Å²) in [4.78, 5) is 22.0. The quantitative estimate of drug-likeness (QED) is 0.222. The molecule has 1 amide bonds. The molecule has 25 heavy (non-hydrogen) atoms. The molecule has 150 valence electrons. The second-order valence-corrected chi connectivity index (χ2v) is 9.05. The monoisotopic (exact) mass is 398 g/mol. The molecule has 0 saturated heterocycles. The van der Waals surface area contributed by atoms with E-state index in [0.29, 0.717) is 11.0 Å². The highest BCUT2D eigenvalue weighted by Crippen LogP contribution is 2.37. The second kappa shape index (κ2) is 15.9. The molecule has 9 heteroatoms. The van der Waals surface area contributed by atoms with Crippen LogP contribution in [0.25, 0.3) is 0 Å². The molecule has 7 nitrogen and oxygen atoms in total. The predicted octanol–water partition coefficient (Wildman–Crippen LogP) is 1.98. The van der Waals surface area contributed by atoms with E-state index in [-0.39, 0.29) is 25.7 Å². The molecule has 0 spiro atoms. The first-order valence-electron chi connectivity index (χ1n) is 8.53. The van der Waals surface area contributed by atoms with Gasteiger partial charge in [0.25, 0.3) is 7.82 Å². The minimum Gasteiger partial charge on any atom is -0.756 e. The molecule has 0 aromatic carbocycles. The van der Waals surface area contributed by atoms with Gasteiger partial charge in [-0.1, -0.05) is 26.3 Å². The third-order valence-electron chi connectivity index (χ3n) is 2.88. The number of nitrogens with zero attached hydrogens (tertiary/aromatic N) is 1. The minimum atomic E-state index is -4.28. The largest absolute Gasteiger partial charge is 0.756 e. The van der Waals surface area contributed by atoms with Gasteiger partial charge in [-0.2, -0.15) is 0 Å². The van der Waals surface area contributed by atoms with Crippen LogP contribution in [0.5, 0.6) is 0 Å². The zero-order valence-electron chi connectivity index (χ0n) is 16.4. The highest BCUT2D eigenvalue weighted by Gasteiger charge is 2.13. The Morgan fingerprint density at radius 2 is 1.88 bits per heavy atom. The lowest BCUT2D eigenvalue weighted by molar-refractivity contribution is -0.870. The average Bonchev–Trinajstić information content (AvgIpc) is 2.51. The molecule has 1 N–H and O–H groups in total. The molecule has 0 radical (unpaired) electrons. The fraction of sp³-hybridized carbons (Fsp3) is 0.812. The van der Waals surface area contributed by atoms with Gasteiger partial charge in [0.15, 0.2) is 0 Å². The molecule has 0 fully saturated rings. The number of carbonyl (C=O) groups is 1. The van der Waals surface area contributed by atoms with Crippen LogP contribution in [0.3, 0.4) is 0 Å². The number of unbranched alkanes of at least 4 members (excludes halogenated alkanes) is 2. The summed E-state index contributed by atoms with van der Waals surface area (Å²) in [5.41, 5.74) is 0. The van der Waals surface area contributed by atoms with Gasteiger partial charge in [-0.3, -0.25) is 9.36 Å². The molecule has 0 bridgehead atoms. The summed E-state index contributed by atoms with van der Waals surface area (Å²) in [5.74, 6) is -0.384. The van der Waals surface area contributed by atoms with E-state index in [9.17, 15) is 14.3 Å². The number of carbonyl (C=O) groups excluding carboxylic acids is 1. The molecule has 2 atom stereocenters. The van der Waals surface area contributed by atoms with Gasteiger partial charge in [0, 0.05) is 6.54 Å². The normalized spacial score (nSPS) is 13.8. The van der Waals surface area contributed by atoms with Gasteiger partial charge in [0.2, 0.25) is 5.91 Å². The average molecular weight is 398 g/mol. The van der Waals surface area contributed by atoms with Crippen LogP contribution >= 0.6 is 16.4 Å². The van der Waals surface area contributed by atoms with Crippen molar-refractivity contribution < 1.29 is 27.8 Å². The fourth-order valence-electron chi connectivity index (χ4n) is 1.42. The zero-order valence-corrected chi connectivity index (χ0v) is 18.3. The summed E-state index contributed by atoms with van der Waals surface area (Å²) >= 11 is 0. The number of hydrogen-bond donors (Lipinski definition) is 1. The van der Waals surface area contributed by atoms with E-state index in [1.54, 1.807) is 0 Å². The number of hydrogen-bond acceptors (Lipinski definition) is 5. The highest BCUT2D eigenvalue weighted by atomic mass is 31.2. The molecular formula is C16H36N2O5P2. The van der Waals surface area contributed by atoms with E-state index in [1.165, 1.54) is 34.0 Å². The van der Waals surface area contributed by atoms with Crippen molar-refractivity contribution in [1.29, 1.82) is 0 Å². The fourth-order valence-corrected chi connectivity index (χ4v) is 2.72. The lowest BCUT2D eigenvalue weighted by Crippen LogP contribution is -2.37. The van der Waals surface area contributed by atoms with E-state index in [1.807, 2.05) is 21.1 Å². The van der Waals surface area contributed by atoms with Crippen molar-refractivity contribution in [1.82, 2.24) is 5.32 Å². The summed E-state index contributed by atoms with van der Waals surface area (Å²) in [6.45, 7) is 8.30. The molecule has 2 unspecified atom stereocenters. The van der Waals surface area contributed by atoms with Gasteiger partial charge in [0.1, 0.15) is 13.2 Å². The van der Waals surface area contributed by atoms with E-state index in [2.05, 4.69) is 34.5 Å². The predicted molar refractivity (Wildman–Crippen MR) is 104 cm³/mol. The number of quaternary nitrogens is 1. The lowest BCUT2D eigenvalue weighted by atomic mass is 10.3. The van der Waals surface area contributed by atoms with Gasteiger partial charge in [-0.15, -0.1) is 8.58 Å². The SMILES string of the molecule is C=CC(=O)NCCOP(=O)([O-])OCC[N+](C)(C)C.CCCCCPC. The maximum atomic E-state index is 11.3. The Labute approximate surface area is 155 Å². The van der Waals surface area contributed by atoms with Crippen LogP contribution < -0.4 is 10.2 Å². The van der Waals surface area contributed by atoms with E-state index >= 15 is 0 Å². The molecule has 0 aliphatic carbocycles. The van der Waals surface area contributed by atoms with Crippen LogP contribution in [0.1, 0.15) is 26.2 Å². The Bertz CT molecular complexity index is 396. The van der Waals surface area contributed by atoms with Crippen LogP contribution in [0.2, 0.25) is 0 Å². The van der Waals surface area contributed by atoms with Gasteiger partial charge >= 0.3 is 0 Å². The van der Waals surface area contributed by atoms with Crippen molar-refractivity contribution in [2.45, 2.75) is 26.2 Å². The summed E-state index contributed by atoms with van der Waals surface area (Å²) in [7, 11) is 2.65. The summed E-state index contributed by atoms with van der Waals surface area (Å²) in [6.07, 6.45) is 6.79. The standard InChI is InChI=1S/C10H21N2O5P.C6H15P/c1-5-10(13)11-6-8-16-18(14,15)17-9-7-12(2,3)4;1-3-4-5-6-7-2/h5H,1,6-9H2,2-4H3,(H-,11,13,14,15);7H,3-6H2,1-2H3. The Hall–Kier alpha value is -0.290. The van der Waals surface area contributed by atoms with E-state index < -0.39 is 7.82 Å². The van der Waals surface area contributed by atoms with Gasteiger partial charge in [-0.25, -0.2) is 0 Å². The summed E-state index contributed by atoms with van der Waals surface area (Å²) in [6, 6.07) is 0. The summed E-state index contributed by atoms with van der Waals surface area (Å²) < 4.78 is 21.1. The topological polar surface area (TPSA) is 87.7 Å². The van der Waals surface area contributed by atoms with Gasteiger partial charge < -0.3 is 23.7 Å². The Kier molecular flexibility index (Phi) is 17.2. The Morgan fingerprint density at radius 1 is 1.28 bits per heavy atom. The first-order valence-corrected chi connectivity index (χ1v) is 11.7. The van der Waals surface area contributed by atoms with Crippen LogP contribution in [-0.2, 0) is 18.4 Å². The molecular weight excluding hydrogens is 362 g/mol. The molecule has 0 aromatic rings. The molecule has 0 saturated carbocycles. The second-order valence-electron chi connectivity index (χ2n) is 6.43. The number of phosphoric ester groups is 1. The Balaban J connectivity index is 0. The number of likely N-dealkylation sites (N-methyl/N-ethyl adjacent to an activating group) is 1. The van der Waals surface area contributed by atoms with Crippen molar-refractivity contribution in [3.63, 3.8) is 0 Å². The number of rotatable bonds is 13. The van der Waals surface area contributed by atoms with Crippen molar-refractivity contribution >= 4 is 22.3 Å². The van der Waals surface area contributed by atoms with Gasteiger partial charge in [-0.05, 0) is 25.3 Å². The van der Waals surface area contributed by atoms with Crippen molar-refractivity contribution in [3.05, 3.63) is 12.7 Å². The summed E-state index contributed by atoms with van der Waals surface area (Å²) in [5, 5.41) is 2.38.